The van der Waals surface area contributed by atoms with Gasteiger partial charge in [-0.25, -0.2) is 0 Å². The molecule has 20 heavy (non-hydrogen) atoms. The van der Waals surface area contributed by atoms with Crippen molar-refractivity contribution in [1.82, 2.24) is 15.6 Å². The van der Waals surface area contributed by atoms with Crippen molar-refractivity contribution < 1.29 is 0 Å². The summed E-state index contributed by atoms with van der Waals surface area (Å²) >= 11 is 0. The van der Waals surface area contributed by atoms with Crippen molar-refractivity contribution in [2.24, 2.45) is 4.99 Å². The Labute approximate surface area is 136 Å². The molecule has 0 saturated heterocycles. The molecule has 0 bridgehead atoms. The first-order valence-corrected chi connectivity index (χ1v) is 6.78. The van der Waals surface area contributed by atoms with Crippen LogP contribution in [0.4, 0.5) is 0 Å². The number of aromatic nitrogens is 1. The van der Waals surface area contributed by atoms with E-state index in [9.17, 15) is 0 Å². The van der Waals surface area contributed by atoms with Crippen LogP contribution in [0.15, 0.2) is 41.5 Å². The molecule has 1 aromatic heterocycles. The van der Waals surface area contributed by atoms with E-state index in [-0.39, 0.29) is 24.0 Å². The Balaban J connectivity index is 0.00000147. The summed E-state index contributed by atoms with van der Waals surface area (Å²) in [5, 5.41) is 7.81. The summed E-state index contributed by atoms with van der Waals surface area (Å²) in [5.41, 5.74) is 2.38. The van der Waals surface area contributed by atoms with Crippen LogP contribution in [0.2, 0.25) is 0 Å². The van der Waals surface area contributed by atoms with E-state index in [4.69, 9.17) is 0 Å². The second-order valence-corrected chi connectivity index (χ2v) is 4.68. The number of fused-ring (bicyclic) bond motifs is 1. The quantitative estimate of drug-likeness (QED) is 0.802. The van der Waals surface area contributed by atoms with Crippen molar-refractivity contribution in [3.8, 4) is 0 Å². The molecule has 0 radical (unpaired) electrons. The van der Waals surface area contributed by atoms with Gasteiger partial charge in [-0.05, 0) is 24.5 Å². The van der Waals surface area contributed by atoms with Gasteiger partial charge in [0.1, 0.15) is 0 Å². The first-order chi connectivity index (χ1) is 9.43. The fourth-order valence-electron chi connectivity index (χ4n) is 2.34. The van der Waals surface area contributed by atoms with E-state index in [1.54, 1.807) is 0 Å². The molecule has 0 atom stereocenters. The van der Waals surface area contributed by atoms with Crippen molar-refractivity contribution >= 4 is 40.8 Å². The van der Waals surface area contributed by atoms with Crippen LogP contribution in [0.1, 0.15) is 12.0 Å². The van der Waals surface area contributed by atoms with E-state index in [1.807, 2.05) is 12.3 Å². The zero-order valence-corrected chi connectivity index (χ0v) is 13.6. The predicted molar refractivity (Wildman–Crippen MR) is 93.8 cm³/mol. The van der Waals surface area contributed by atoms with Crippen LogP contribution in [0.25, 0.3) is 10.9 Å². The lowest BCUT2D eigenvalue weighted by molar-refractivity contribution is 0.700. The van der Waals surface area contributed by atoms with E-state index in [0.29, 0.717) is 0 Å². The number of rotatable bonds is 3. The normalized spacial score (nSPS) is 14.1. The number of pyridine rings is 1. The topological polar surface area (TPSA) is 49.3 Å². The Morgan fingerprint density at radius 2 is 2.10 bits per heavy atom. The minimum atomic E-state index is 0. The maximum atomic E-state index is 4.47. The van der Waals surface area contributed by atoms with Crippen molar-refractivity contribution in [3.05, 3.63) is 42.1 Å². The molecule has 1 aliphatic rings. The van der Waals surface area contributed by atoms with Gasteiger partial charge in [-0.15, -0.1) is 24.0 Å². The number of nitrogens with one attached hydrogen (secondary N) is 2. The number of nitrogens with zero attached hydrogens (tertiary/aromatic N) is 2. The third kappa shape index (κ3) is 3.59. The van der Waals surface area contributed by atoms with Crippen LogP contribution < -0.4 is 10.6 Å². The molecule has 0 unspecified atom stereocenters. The molecule has 0 spiro atoms. The molecule has 4 nitrogen and oxygen atoms in total. The standard InChI is InChI=1S/C15H18N4.HI/c1-4-12-6-2-8-16-14(12)13(5-1)7-11-19-15-17-9-3-10-18-15;/h1-2,4-6,8H,3,7,9-11H2,(H2,17,18,19);1H. The zero-order valence-electron chi connectivity index (χ0n) is 11.3. The Morgan fingerprint density at radius 1 is 1.20 bits per heavy atom. The average Bonchev–Trinajstić information content (AvgIpc) is 2.49. The van der Waals surface area contributed by atoms with Crippen molar-refractivity contribution in [2.45, 2.75) is 12.8 Å². The number of guanidine groups is 1. The van der Waals surface area contributed by atoms with E-state index >= 15 is 0 Å². The molecular formula is C15H19IN4. The SMILES string of the molecule is I.c1cnc2c(CCNC3=NCCCN3)cccc2c1. The van der Waals surface area contributed by atoms with Crippen LogP contribution in [-0.4, -0.2) is 30.6 Å². The molecule has 2 aromatic rings. The maximum Gasteiger partial charge on any atom is 0.191 e. The van der Waals surface area contributed by atoms with Gasteiger partial charge in [0.05, 0.1) is 5.52 Å². The molecule has 0 aliphatic carbocycles. The third-order valence-corrected chi connectivity index (χ3v) is 3.30. The maximum absolute atomic E-state index is 4.47. The monoisotopic (exact) mass is 382 g/mol. The summed E-state index contributed by atoms with van der Waals surface area (Å²) < 4.78 is 0. The molecule has 3 rings (SSSR count). The zero-order chi connectivity index (χ0) is 12.9. The second-order valence-electron chi connectivity index (χ2n) is 4.68. The van der Waals surface area contributed by atoms with Gasteiger partial charge in [-0.2, -0.15) is 0 Å². The highest BCUT2D eigenvalue weighted by Crippen LogP contribution is 2.15. The summed E-state index contributed by atoms with van der Waals surface area (Å²) in [6, 6.07) is 10.4. The van der Waals surface area contributed by atoms with Gasteiger partial charge in [-0.3, -0.25) is 9.98 Å². The summed E-state index contributed by atoms with van der Waals surface area (Å²) in [7, 11) is 0. The van der Waals surface area contributed by atoms with Crippen LogP contribution in [0.5, 0.6) is 0 Å². The Morgan fingerprint density at radius 3 is 2.95 bits per heavy atom. The number of para-hydroxylation sites is 1. The molecule has 2 heterocycles. The Kier molecular flexibility index (Phi) is 5.58. The average molecular weight is 382 g/mol. The lowest BCUT2D eigenvalue weighted by Crippen LogP contribution is -2.41. The summed E-state index contributed by atoms with van der Waals surface area (Å²) in [4.78, 5) is 8.87. The first-order valence-electron chi connectivity index (χ1n) is 6.78. The van der Waals surface area contributed by atoms with E-state index < -0.39 is 0 Å². The van der Waals surface area contributed by atoms with Gasteiger partial charge in [-0.1, -0.05) is 24.3 Å². The van der Waals surface area contributed by atoms with Crippen molar-refractivity contribution in [1.29, 1.82) is 0 Å². The highest BCUT2D eigenvalue weighted by atomic mass is 127. The molecule has 1 aromatic carbocycles. The largest absolute Gasteiger partial charge is 0.356 e. The minimum absolute atomic E-state index is 0. The predicted octanol–water partition coefficient (Wildman–Crippen LogP) is 2.33. The third-order valence-electron chi connectivity index (χ3n) is 3.30. The molecule has 0 amide bonds. The summed E-state index contributed by atoms with van der Waals surface area (Å²) in [6.07, 6.45) is 3.93. The number of aliphatic imine (C=N–C) groups is 1. The summed E-state index contributed by atoms with van der Waals surface area (Å²) in [6.45, 7) is 2.81. The highest BCUT2D eigenvalue weighted by molar-refractivity contribution is 14.0. The Hall–Kier alpha value is -1.37. The molecular weight excluding hydrogens is 363 g/mol. The smallest absolute Gasteiger partial charge is 0.191 e. The number of benzene rings is 1. The van der Waals surface area contributed by atoms with Gasteiger partial charge in [0, 0.05) is 31.2 Å². The second kappa shape index (κ2) is 7.42. The van der Waals surface area contributed by atoms with E-state index in [2.05, 4.69) is 44.9 Å². The molecule has 0 fully saturated rings. The van der Waals surface area contributed by atoms with Crippen LogP contribution >= 0.6 is 24.0 Å². The number of hydrogen-bond acceptors (Lipinski definition) is 4. The van der Waals surface area contributed by atoms with Crippen molar-refractivity contribution in [3.63, 3.8) is 0 Å². The number of halogens is 1. The van der Waals surface area contributed by atoms with Gasteiger partial charge in [0.15, 0.2) is 5.96 Å². The Bertz CT molecular complexity index is 592. The fourth-order valence-corrected chi connectivity index (χ4v) is 2.34. The van der Waals surface area contributed by atoms with Crippen molar-refractivity contribution in [2.75, 3.05) is 19.6 Å². The van der Waals surface area contributed by atoms with E-state index in [1.165, 1.54) is 10.9 Å². The lowest BCUT2D eigenvalue weighted by atomic mass is 10.1. The first kappa shape index (κ1) is 15.0. The highest BCUT2D eigenvalue weighted by Gasteiger charge is 2.04. The van der Waals surface area contributed by atoms with Gasteiger partial charge >= 0.3 is 0 Å². The lowest BCUT2D eigenvalue weighted by Gasteiger charge is -2.16. The van der Waals surface area contributed by atoms with Gasteiger partial charge in [0.2, 0.25) is 0 Å². The molecule has 5 heteroatoms. The van der Waals surface area contributed by atoms with Crippen LogP contribution in [0.3, 0.4) is 0 Å². The molecule has 2 N–H and O–H groups in total. The molecule has 0 saturated carbocycles. The van der Waals surface area contributed by atoms with Crippen LogP contribution in [-0.2, 0) is 6.42 Å². The van der Waals surface area contributed by atoms with E-state index in [0.717, 1.165) is 44.0 Å². The van der Waals surface area contributed by atoms with Gasteiger partial charge in [0.25, 0.3) is 0 Å². The fraction of sp³-hybridized carbons (Fsp3) is 0.333. The molecule has 1 aliphatic heterocycles. The summed E-state index contributed by atoms with van der Waals surface area (Å²) in [5.74, 6) is 0.930. The molecule has 106 valence electrons. The number of hydrogen-bond donors (Lipinski definition) is 2. The van der Waals surface area contributed by atoms with Crippen LogP contribution in [0, 0.1) is 0 Å². The van der Waals surface area contributed by atoms with Gasteiger partial charge < -0.3 is 10.6 Å². The minimum Gasteiger partial charge on any atom is -0.356 e.